The van der Waals surface area contributed by atoms with Crippen LogP contribution in [0.15, 0.2) is 41.2 Å². The summed E-state index contributed by atoms with van der Waals surface area (Å²) in [6.45, 7) is 5.75. The SMILES string of the molecule is CC[C@H](N)CNc1c(-c2nc3ccc(N4CCC(CN(C)C)C4)cc3[nH]2)c(=O)[nH]c2ccc(Cl)cc12. The lowest BCUT2D eigenvalue weighted by molar-refractivity contribution is 0.340. The maximum absolute atomic E-state index is 13.3. The molecule has 190 valence electrons. The highest BCUT2D eigenvalue weighted by Crippen LogP contribution is 2.33. The average molecular weight is 508 g/mol. The number of imidazole rings is 1. The zero-order chi connectivity index (χ0) is 25.4. The number of rotatable bonds is 8. The van der Waals surface area contributed by atoms with Crippen molar-refractivity contribution in [1.29, 1.82) is 0 Å². The number of pyridine rings is 1. The maximum Gasteiger partial charge on any atom is 0.261 e. The van der Waals surface area contributed by atoms with Crippen LogP contribution in [-0.4, -0.2) is 66.2 Å². The molecular weight excluding hydrogens is 474 g/mol. The van der Waals surface area contributed by atoms with Gasteiger partial charge in [-0.2, -0.15) is 0 Å². The number of aromatic nitrogens is 3. The number of aromatic amines is 2. The number of nitrogens with one attached hydrogen (secondary N) is 3. The van der Waals surface area contributed by atoms with E-state index in [0.717, 1.165) is 42.5 Å². The standard InChI is InChI=1S/C27H34ClN7O/c1-4-18(29)13-30-25-20-11-17(28)5-7-21(20)33-27(36)24(25)26-31-22-8-6-19(12-23(22)32-26)35-10-9-16(15-35)14-34(2)3/h5-8,11-12,16,18H,4,9-10,13-15,29H2,1-3H3,(H,31,32)(H2,30,33,36)/t16?,18-/m0/s1. The summed E-state index contributed by atoms with van der Waals surface area (Å²) in [5.74, 6) is 1.18. The van der Waals surface area contributed by atoms with E-state index in [1.165, 1.54) is 12.1 Å². The average Bonchev–Trinajstić information content (AvgIpc) is 3.48. The molecule has 36 heavy (non-hydrogen) atoms. The highest BCUT2D eigenvalue weighted by molar-refractivity contribution is 6.31. The topological polar surface area (TPSA) is 106 Å². The summed E-state index contributed by atoms with van der Waals surface area (Å²) in [5.41, 5.74) is 10.7. The molecule has 9 heteroatoms. The molecule has 1 fully saturated rings. The van der Waals surface area contributed by atoms with Crippen LogP contribution < -0.4 is 21.5 Å². The molecule has 0 saturated carbocycles. The molecule has 8 nitrogen and oxygen atoms in total. The summed E-state index contributed by atoms with van der Waals surface area (Å²) < 4.78 is 0. The quantitative estimate of drug-likeness (QED) is 0.284. The molecule has 5 N–H and O–H groups in total. The molecule has 1 aliphatic heterocycles. The molecule has 1 unspecified atom stereocenters. The molecule has 3 heterocycles. The minimum Gasteiger partial charge on any atom is -0.382 e. The Bertz CT molecular complexity index is 1440. The predicted molar refractivity (Wildman–Crippen MR) is 150 cm³/mol. The fourth-order valence-corrected chi connectivity index (χ4v) is 5.27. The lowest BCUT2D eigenvalue weighted by Gasteiger charge is -2.20. The number of fused-ring (bicyclic) bond motifs is 2. The van der Waals surface area contributed by atoms with Gasteiger partial charge in [0.05, 0.1) is 22.2 Å². The minimum atomic E-state index is -0.220. The van der Waals surface area contributed by atoms with Crippen molar-refractivity contribution < 1.29 is 0 Å². The van der Waals surface area contributed by atoms with Crippen LogP contribution in [-0.2, 0) is 0 Å². The first kappa shape index (κ1) is 24.6. The summed E-state index contributed by atoms with van der Waals surface area (Å²) in [6.07, 6.45) is 2.01. The van der Waals surface area contributed by atoms with Gasteiger partial charge in [-0.25, -0.2) is 4.98 Å². The molecule has 0 radical (unpaired) electrons. The second-order valence-electron chi connectivity index (χ2n) is 10.1. The highest BCUT2D eigenvalue weighted by atomic mass is 35.5. The fourth-order valence-electron chi connectivity index (χ4n) is 5.10. The third-order valence-corrected chi connectivity index (χ3v) is 7.25. The Balaban J connectivity index is 1.54. The fraction of sp³-hybridized carbons (Fsp3) is 0.407. The summed E-state index contributed by atoms with van der Waals surface area (Å²) in [5, 5.41) is 4.84. The first-order valence-electron chi connectivity index (χ1n) is 12.6. The molecule has 4 aromatic rings. The summed E-state index contributed by atoms with van der Waals surface area (Å²) in [6, 6.07) is 11.7. The second-order valence-corrected chi connectivity index (χ2v) is 10.5. The van der Waals surface area contributed by atoms with Gasteiger partial charge >= 0.3 is 0 Å². The van der Waals surface area contributed by atoms with Gasteiger partial charge in [0.2, 0.25) is 0 Å². The Labute approximate surface area is 215 Å². The van der Waals surface area contributed by atoms with E-state index in [1.807, 2.05) is 25.1 Å². The van der Waals surface area contributed by atoms with Crippen LogP contribution in [0.25, 0.3) is 33.3 Å². The van der Waals surface area contributed by atoms with Gasteiger partial charge in [0.1, 0.15) is 11.4 Å². The van der Waals surface area contributed by atoms with Crippen molar-refractivity contribution in [3.63, 3.8) is 0 Å². The monoisotopic (exact) mass is 507 g/mol. The number of anilines is 2. The molecule has 0 bridgehead atoms. The van der Waals surface area contributed by atoms with E-state index in [9.17, 15) is 4.79 Å². The lowest BCUT2D eigenvalue weighted by Crippen LogP contribution is -2.29. The molecule has 0 aliphatic carbocycles. The Kier molecular flexibility index (Phi) is 6.92. The molecule has 1 saturated heterocycles. The zero-order valence-electron chi connectivity index (χ0n) is 21.1. The summed E-state index contributed by atoms with van der Waals surface area (Å²) >= 11 is 6.33. The van der Waals surface area contributed by atoms with Crippen LogP contribution in [0.2, 0.25) is 5.02 Å². The van der Waals surface area contributed by atoms with Crippen molar-refractivity contribution in [3.05, 3.63) is 51.8 Å². The summed E-state index contributed by atoms with van der Waals surface area (Å²) in [4.78, 5) is 29.2. The number of nitrogens with two attached hydrogens (primary N) is 1. The molecule has 1 aliphatic rings. The van der Waals surface area contributed by atoms with Crippen LogP contribution in [0.3, 0.4) is 0 Å². The van der Waals surface area contributed by atoms with E-state index >= 15 is 0 Å². The molecule has 5 rings (SSSR count). The van der Waals surface area contributed by atoms with E-state index in [1.54, 1.807) is 6.07 Å². The molecule has 0 spiro atoms. The third-order valence-electron chi connectivity index (χ3n) is 7.02. The van der Waals surface area contributed by atoms with Crippen LogP contribution in [0.4, 0.5) is 11.4 Å². The number of nitrogens with zero attached hydrogens (tertiary/aromatic N) is 3. The smallest absolute Gasteiger partial charge is 0.261 e. The van der Waals surface area contributed by atoms with Gasteiger partial charge in [0, 0.05) is 48.3 Å². The van der Waals surface area contributed by atoms with Gasteiger partial charge in [-0.05, 0) is 69.3 Å². The van der Waals surface area contributed by atoms with Crippen LogP contribution in [0.1, 0.15) is 19.8 Å². The van der Waals surface area contributed by atoms with Gasteiger partial charge in [-0.3, -0.25) is 4.79 Å². The number of hydrogen-bond acceptors (Lipinski definition) is 6. The minimum absolute atomic E-state index is 0.0404. The van der Waals surface area contributed by atoms with E-state index in [2.05, 4.69) is 51.3 Å². The highest BCUT2D eigenvalue weighted by Gasteiger charge is 2.24. The molecule has 2 aromatic heterocycles. The van der Waals surface area contributed by atoms with Crippen molar-refractivity contribution in [3.8, 4) is 11.4 Å². The molecule has 2 atom stereocenters. The largest absolute Gasteiger partial charge is 0.382 e. The normalized spacial score (nSPS) is 16.9. The van der Waals surface area contributed by atoms with Gasteiger partial charge in [0.25, 0.3) is 5.56 Å². The van der Waals surface area contributed by atoms with Crippen LogP contribution in [0, 0.1) is 5.92 Å². The molecular formula is C27H34ClN7O. The Morgan fingerprint density at radius 1 is 1.22 bits per heavy atom. The van der Waals surface area contributed by atoms with Gasteiger partial charge < -0.3 is 30.8 Å². The van der Waals surface area contributed by atoms with Gasteiger partial charge in [-0.1, -0.05) is 18.5 Å². The first-order valence-corrected chi connectivity index (χ1v) is 12.9. The van der Waals surface area contributed by atoms with Crippen molar-refractivity contribution >= 4 is 44.9 Å². The first-order chi connectivity index (χ1) is 17.3. The lowest BCUT2D eigenvalue weighted by atomic mass is 10.1. The third kappa shape index (κ3) is 4.93. The predicted octanol–water partition coefficient (Wildman–Crippen LogP) is 4.26. The number of halogens is 1. The Hall–Kier alpha value is -3.07. The van der Waals surface area contributed by atoms with Crippen LogP contribution in [0.5, 0.6) is 0 Å². The number of H-pyrrole nitrogens is 2. The van der Waals surface area contributed by atoms with Crippen LogP contribution >= 0.6 is 11.6 Å². The second kappa shape index (κ2) is 10.1. The van der Waals surface area contributed by atoms with E-state index in [4.69, 9.17) is 22.3 Å². The molecule has 2 aromatic carbocycles. The Morgan fingerprint density at radius 3 is 2.83 bits per heavy atom. The van der Waals surface area contributed by atoms with Crippen molar-refractivity contribution in [2.45, 2.75) is 25.8 Å². The maximum atomic E-state index is 13.3. The van der Waals surface area contributed by atoms with Gasteiger partial charge in [-0.15, -0.1) is 0 Å². The molecule has 0 amide bonds. The Morgan fingerprint density at radius 2 is 2.06 bits per heavy atom. The van der Waals surface area contributed by atoms with Crippen molar-refractivity contribution in [2.24, 2.45) is 11.7 Å². The van der Waals surface area contributed by atoms with E-state index in [0.29, 0.717) is 40.1 Å². The van der Waals surface area contributed by atoms with Crippen molar-refractivity contribution in [1.82, 2.24) is 19.9 Å². The zero-order valence-corrected chi connectivity index (χ0v) is 21.8. The summed E-state index contributed by atoms with van der Waals surface area (Å²) in [7, 11) is 4.25. The van der Waals surface area contributed by atoms with Crippen molar-refractivity contribution in [2.75, 3.05) is 50.5 Å². The van der Waals surface area contributed by atoms with E-state index < -0.39 is 0 Å². The number of benzene rings is 2. The number of hydrogen-bond donors (Lipinski definition) is 4. The van der Waals surface area contributed by atoms with Gasteiger partial charge in [0.15, 0.2) is 0 Å². The van der Waals surface area contributed by atoms with E-state index in [-0.39, 0.29) is 11.6 Å².